The minimum Gasteiger partial charge on any atom is -0.376 e. The number of rotatable bonds is 4. The van der Waals surface area contributed by atoms with E-state index in [2.05, 4.69) is 10.6 Å². The number of aryl methyl sites for hydroxylation is 1. The van der Waals surface area contributed by atoms with Crippen molar-refractivity contribution in [2.45, 2.75) is 6.92 Å². The number of piperazine rings is 1. The molecule has 2 rings (SSSR count). The molecule has 1 aliphatic rings. The van der Waals surface area contributed by atoms with Gasteiger partial charge < -0.3 is 15.5 Å². The van der Waals surface area contributed by atoms with E-state index in [9.17, 15) is 14.9 Å². The molecule has 1 aromatic carbocycles. The van der Waals surface area contributed by atoms with E-state index >= 15 is 0 Å². The maximum absolute atomic E-state index is 12.0. The molecule has 2 N–H and O–H groups in total. The first-order valence-corrected chi connectivity index (χ1v) is 7.03. The fourth-order valence-corrected chi connectivity index (χ4v) is 2.43. The zero-order valence-corrected chi connectivity index (χ0v) is 12.4. The van der Waals surface area contributed by atoms with Crippen LogP contribution in [-0.2, 0) is 4.79 Å². The van der Waals surface area contributed by atoms with E-state index in [1.54, 1.807) is 11.8 Å². The average Bonchev–Trinajstić information content (AvgIpc) is 2.48. The van der Waals surface area contributed by atoms with Gasteiger partial charge in [0.2, 0.25) is 5.91 Å². The molecule has 1 fully saturated rings. The van der Waals surface area contributed by atoms with Gasteiger partial charge in [-0.3, -0.25) is 14.9 Å². The first-order chi connectivity index (χ1) is 9.99. The second-order valence-electron chi connectivity index (χ2n) is 4.86. The summed E-state index contributed by atoms with van der Waals surface area (Å²) in [4.78, 5) is 24.1. The molecule has 1 aliphatic heterocycles. The number of amides is 1. The van der Waals surface area contributed by atoms with Crippen LogP contribution in [0.15, 0.2) is 12.1 Å². The summed E-state index contributed by atoms with van der Waals surface area (Å²) in [6.07, 6.45) is 0. The van der Waals surface area contributed by atoms with Crippen molar-refractivity contribution >= 4 is 28.9 Å². The Morgan fingerprint density at radius 3 is 2.76 bits per heavy atom. The maximum Gasteiger partial charge on any atom is 0.288 e. The molecule has 0 bridgehead atoms. The third kappa shape index (κ3) is 3.83. The lowest BCUT2D eigenvalue weighted by Gasteiger charge is -2.27. The van der Waals surface area contributed by atoms with Gasteiger partial charge in [0.05, 0.1) is 11.5 Å². The molecule has 0 radical (unpaired) electrons. The number of nitrogens with one attached hydrogen (secondary N) is 2. The summed E-state index contributed by atoms with van der Waals surface area (Å²) in [5, 5.41) is 17.0. The smallest absolute Gasteiger partial charge is 0.288 e. The number of anilines is 1. The van der Waals surface area contributed by atoms with Gasteiger partial charge in [-0.1, -0.05) is 11.6 Å². The molecular formula is C13H17ClN4O3. The number of hydrogen-bond acceptors (Lipinski definition) is 5. The van der Waals surface area contributed by atoms with Gasteiger partial charge in [0.1, 0.15) is 5.02 Å². The lowest BCUT2D eigenvalue weighted by atomic mass is 10.1. The zero-order chi connectivity index (χ0) is 15.4. The summed E-state index contributed by atoms with van der Waals surface area (Å²) in [7, 11) is 0. The summed E-state index contributed by atoms with van der Waals surface area (Å²) in [5.41, 5.74) is 1.18. The summed E-state index contributed by atoms with van der Waals surface area (Å²) in [6.45, 7) is 4.87. The minimum absolute atomic E-state index is 0.00498. The molecule has 114 valence electrons. The molecule has 0 unspecified atom stereocenters. The second-order valence-corrected chi connectivity index (χ2v) is 5.27. The Hall–Kier alpha value is -1.86. The predicted octanol–water partition coefficient (Wildman–Crippen LogP) is 1.40. The van der Waals surface area contributed by atoms with Gasteiger partial charge in [-0.15, -0.1) is 0 Å². The standard InChI is InChI=1S/C13H17ClN4O3/c1-9-6-12(18(20)21)10(14)7-11(9)16-8-13(19)17-4-2-15-3-5-17/h6-7,15-16H,2-5,8H2,1H3. The lowest BCUT2D eigenvalue weighted by Crippen LogP contribution is -2.48. The number of carbonyl (C=O) groups is 1. The molecule has 0 spiro atoms. The monoisotopic (exact) mass is 312 g/mol. The van der Waals surface area contributed by atoms with E-state index in [-0.39, 0.29) is 23.2 Å². The topological polar surface area (TPSA) is 87.5 Å². The van der Waals surface area contributed by atoms with E-state index < -0.39 is 4.92 Å². The molecular weight excluding hydrogens is 296 g/mol. The van der Waals surface area contributed by atoms with Crippen LogP contribution in [0.3, 0.4) is 0 Å². The van der Waals surface area contributed by atoms with E-state index in [1.807, 2.05) is 0 Å². The lowest BCUT2D eigenvalue weighted by molar-refractivity contribution is -0.384. The highest BCUT2D eigenvalue weighted by Gasteiger charge is 2.18. The summed E-state index contributed by atoms with van der Waals surface area (Å²) >= 11 is 5.88. The van der Waals surface area contributed by atoms with Crippen molar-refractivity contribution in [2.75, 3.05) is 38.0 Å². The van der Waals surface area contributed by atoms with Gasteiger partial charge in [-0.2, -0.15) is 0 Å². The van der Waals surface area contributed by atoms with Crippen LogP contribution < -0.4 is 10.6 Å². The minimum atomic E-state index is -0.523. The van der Waals surface area contributed by atoms with Crippen molar-refractivity contribution in [1.29, 1.82) is 0 Å². The molecule has 0 aliphatic carbocycles. The summed E-state index contributed by atoms with van der Waals surface area (Å²) in [6, 6.07) is 2.89. The molecule has 8 heteroatoms. The van der Waals surface area contributed by atoms with Crippen molar-refractivity contribution < 1.29 is 9.72 Å². The van der Waals surface area contributed by atoms with Gasteiger partial charge >= 0.3 is 0 Å². The first-order valence-electron chi connectivity index (χ1n) is 6.66. The second kappa shape index (κ2) is 6.73. The number of nitro groups is 1. The largest absolute Gasteiger partial charge is 0.376 e. The number of hydrogen-bond donors (Lipinski definition) is 2. The van der Waals surface area contributed by atoms with Crippen molar-refractivity contribution in [3.63, 3.8) is 0 Å². The summed E-state index contributed by atoms with van der Waals surface area (Å²) < 4.78 is 0. The fraction of sp³-hybridized carbons (Fsp3) is 0.462. The number of halogens is 1. The Bertz CT molecular complexity index is 559. The SMILES string of the molecule is Cc1cc([N+](=O)[O-])c(Cl)cc1NCC(=O)N1CCNCC1. The third-order valence-corrected chi connectivity index (χ3v) is 3.69. The van der Waals surface area contributed by atoms with Crippen molar-refractivity contribution in [2.24, 2.45) is 0 Å². The Labute approximate surface area is 127 Å². The first kappa shape index (κ1) is 15.5. The van der Waals surface area contributed by atoms with Gasteiger partial charge in [0, 0.05) is 37.9 Å². The Balaban J connectivity index is 2.01. The number of benzene rings is 1. The number of nitrogens with zero attached hydrogens (tertiary/aromatic N) is 2. The van der Waals surface area contributed by atoms with Crippen molar-refractivity contribution in [1.82, 2.24) is 10.2 Å². The van der Waals surface area contributed by atoms with Crippen LogP contribution in [0.2, 0.25) is 5.02 Å². The van der Waals surface area contributed by atoms with Gasteiger partial charge in [-0.25, -0.2) is 0 Å². The average molecular weight is 313 g/mol. The van der Waals surface area contributed by atoms with Crippen LogP contribution in [0, 0.1) is 17.0 Å². The molecule has 1 aromatic rings. The van der Waals surface area contributed by atoms with Crippen LogP contribution in [0.4, 0.5) is 11.4 Å². The van der Waals surface area contributed by atoms with Crippen LogP contribution >= 0.6 is 11.6 Å². The van der Waals surface area contributed by atoms with E-state index in [0.717, 1.165) is 13.1 Å². The number of nitro benzene ring substituents is 1. The van der Waals surface area contributed by atoms with Crippen LogP contribution in [0.1, 0.15) is 5.56 Å². The van der Waals surface area contributed by atoms with Crippen LogP contribution in [0.25, 0.3) is 0 Å². The molecule has 1 heterocycles. The fourth-order valence-electron chi connectivity index (χ4n) is 2.19. The van der Waals surface area contributed by atoms with E-state index in [1.165, 1.54) is 12.1 Å². The van der Waals surface area contributed by atoms with Gasteiger partial charge in [-0.05, 0) is 18.6 Å². The number of carbonyl (C=O) groups excluding carboxylic acids is 1. The van der Waals surface area contributed by atoms with Gasteiger partial charge in [0.15, 0.2) is 0 Å². The molecule has 7 nitrogen and oxygen atoms in total. The molecule has 1 saturated heterocycles. The molecule has 21 heavy (non-hydrogen) atoms. The van der Waals surface area contributed by atoms with Crippen molar-refractivity contribution in [3.8, 4) is 0 Å². The highest BCUT2D eigenvalue weighted by atomic mass is 35.5. The van der Waals surface area contributed by atoms with Gasteiger partial charge in [0.25, 0.3) is 5.69 Å². The Morgan fingerprint density at radius 2 is 2.14 bits per heavy atom. The highest BCUT2D eigenvalue weighted by Crippen LogP contribution is 2.30. The third-order valence-electron chi connectivity index (χ3n) is 3.39. The Kier molecular flexibility index (Phi) is 4.98. The van der Waals surface area contributed by atoms with Crippen LogP contribution in [0.5, 0.6) is 0 Å². The summed E-state index contributed by atoms with van der Waals surface area (Å²) in [5.74, 6) is 0.00498. The predicted molar refractivity (Wildman–Crippen MR) is 80.8 cm³/mol. The van der Waals surface area contributed by atoms with E-state index in [4.69, 9.17) is 11.6 Å². The highest BCUT2D eigenvalue weighted by molar-refractivity contribution is 6.33. The molecule has 1 amide bonds. The molecule has 0 aromatic heterocycles. The maximum atomic E-state index is 12.0. The zero-order valence-electron chi connectivity index (χ0n) is 11.7. The van der Waals surface area contributed by atoms with E-state index in [0.29, 0.717) is 24.3 Å². The molecule has 0 atom stereocenters. The van der Waals surface area contributed by atoms with Crippen molar-refractivity contribution in [3.05, 3.63) is 32.8 Å². The van der Waals surface area contributed by atoms with Crippen LogP contribution in [-0.4, -0.2) is 48.5 Å². The Morgan fingerprint density at radius 1 is 1.48 bits per heavy atom. The quantitative estimate of drug-likeness (QED) is 0.648. The normalized spacial score (nSPS) is 14.9. The molecule has 0 saturated carbocycles.